The summed E-state index contributed by atoms with van der Waals surface area (Å²) in [5.41, 5.74) is 2.10. The first-order chi connectivity index (χ1) is 17.2. The van der Waals surface area contributed by atoms with E-state index < -0.39 is 0 Å². The highest BCUT2D eigenvalue weighted by molar-refractivity contribution is 7.99. The van der Waals surface area contributed by atoms with Gasteiger partial charge < -0.3 is 9.47 Å². The number of ether oxygens (including phenoxy) is 2. The van der Waals surface area contributed by atoms with E-state index >= 15 is 0 Å². The van der Waals surface area contributed by atoms with Crippen molar-refractivity contribution in [2.24, 2.45) is 0 Å². The van der Waals surface area contributed by atoms with Crippen molar-refractivity contribution in [3.05, 3.63) is 94.3 Å². The lowest BCUT2D eigenvalue weighted by molar-refractivity contribution is 0.102. The summed E-state index contributed by atoms with van der Waals surface area (Å²) in [5.74, 6) is 1.76. The van der Waals surface area contributed by atoms with Gasteiger partial charge in [0.15, 0.2) is 22.4 Å². The van der Waals surface area contributed by atoms with Crippen molar-refractivity contribution >= 4 is 34.2 Å². The molecule has 0 unspecified atom stereocenters. The fraction of sp³-hybridized carbons (Fsp3) is 0.154. The molecule has 174 valence electrons. The molecule has 5 aromatic rings. The molecule has 2 aromatic heterocycles. The molecule has 0 saturated carbocycles. The van der Waals surface area contributed by atoms with Crippen molar-refractivity contribution in [3.63, 3.8) is 0 Å². The first-order valence-corrected chi connectivity index (χ1v) is 12.1. The average Bonchev–Trinajstić information content (AvgIpc) is 3.34. The number of hydrogen-bond acceptors (Lipinski definition) is 7. The van der Waals surface area contributed by atoms with Crippen molar-refractivity contribution in [2.75, 3.05) is 19.0 Å². The third kappa shape index (κ3) is 3.93. The Kier molecular flexibility index (Phi) is 5.46. The number of nitrogens with zero attached hydrogens (tertiary/aromatic N) is 4. The Hall–Kier alpha value is -4.11. The Morgan fingerprint density at radius 3 is 2.54 bits per heavy atom. The zero-order valence-electron chi connectivity index (χ0n) is 18.6. The molecule has 3 heterocycles. The fourth-order valence-corrected chi connectivity index (χ4v) is 5.00. The molecule has 0 bridgehead atoms. The number of para-hydroxylation sites is 1. The van der Waals surface area contributed by atoms with Gasteiger partial charge in [-0.25, -0.2) is 0 Å². The SMILES string of the molecule is O=C(CSc1nnc2n(Cc3ccccc3)c(=O)c3ccccc3n12)c1ccc2c(c1)OCCO2. The largest absolute Gasteiger partial charge is 0.486 e. The molecule has 0 atom stereocenters. The topological polar surface area (TPSA) is 87.7 Å². The number of fused-ring (bicyclic) bond motifs is 4. The van der Waals surface area contributed by atoms with Crippen molar-refractivity contribution < 1.29 is 14.3 Å². The number of aromatic nitrogens is 4. The molecule has 8 nitrogen and oxygen atoms in total. The Balaban J connectivity index is 1.36. The lowest BCUT2D eigenvalue weighted by Gasteiger charge is -2.18. The summed E-state index contributed by atoms with van der Waals surface area (Å²) in [7, 11) is 0. The minimum atomic E-state index is -0.131. The molecule has 6 rings (SSSR count). The van der Waals surface area contributed by atoms with Crippen LogP contribution in [0.4, 0.5) is 0 Å². The van der Waals surface area contributed by atoms with Gasteiger partial charge in [-0.1, -0.05) is 54.2 Å². The summed E-state index contributed by atoms with van der Waals surface area (Å²) < 4.78 is 14.6. The Labute approximate surface area is 204 Å². The summed E-state index contributed by atoms with van der Waals surface area (Å²) in [6.07, 6.45) is 0. The van der Waals surface area contributed by atoms with Gasteiger partial charge in [-0.15, -0.1) is 10.2 Å². The van der Waals surface area contributed by atoms with Crippen molar-refractivity contribution in [2.45, 2.75) is 11.7 Å². The molecule has 9 heteroatoms. The van der Waals surface area contributed by atoms with E-state index in [0.29, 0.717) is 58.7 Å². The Morgan fingerprint density at radius 2 is 1.69 bits per heavy atom. The molecule has 35 heavy (non-hydrogen) atoms. The van der Waals surface area contributed by atoms with Crippen LogP contribution in [0.1, 0.15) is 15.9 Å². The first-order valence-electron chi connectivity index (χ1n) is 11.2. The van der Waals surface area contributed by atoms with Gasteiger partial charge in [0.25, 0.3) is 5.56 Å². The van der Waals surface area contributed by atoms with Crippen LogP contribution in [0.25, 0.3) is 16.7 Å². The van der Waals surface area contributed by atoms with Crippen LogP contribution in [0.5, 0.6) is 11.5 Å². The molecule has 0 amide bonds. The Morgan fingerprint density at radius 1 is 0.914 bits per heavy atom. The van der Waals surface area contributed by atoms with Gasteiger partial charge in [-0.2, -0.15) is 0 Å². The van der Waals surface area contributed by atoms with Gasteiger partial charge in [0.2, 0.25) is 5.78 Å². The molecule has 3 aromatic carbocycles. The highest BCUT2D eigenvalue weighted by Crippen LogP contribution is 2.31. The molecule has 1 aliphatic rings. The van der Waals surface area contributed by atoms with Gasteiger partial charge in [-0.3, -0.25) is 18.6 Å². The van der Waals surface area contributed by atoms with E-state index in [0.717, 1.165) is 5.56 Å². The highest BCUT2D eigenvalue weighted by Gasteiger charge is 2.19. The van der Waals surface area contributed by atoms with Crippen LogP contribution < -0.4 is 15.0 Å². The molecular formula is C26H20N4O4S. The van der Waals surface area contributed by atoms with Crippen LogP contribution in [-0.4, -0.2) is 43.9 Å². The molecule has 1 aliphatic heterocycles. The van der Waals surface area contributed by atoms with Gasteiger partial charge in [-0.05, 0) is 35.9 Å². The molecule has 0 N–H and O–H groups in total. The number of carbonyl (C=O) groups is 1. The third-order valence-electron chi connectivity index (χ3n) is 5.86. The number of Topliss-reactive ketones (excluding diaryl/α,β-unsaturated/α-hetero) is 1. The second-order valence-electron chi connectivity index (χ2n) is 8.08. The minimum absolute atomic E-state index is 0.0642. The van der Waals surface area contributed by atoms with E-state index in [2.05, 4.69) is 10.2 Å². The third-order valence-corrected chi connectivity index (χ3v) is 6.79. The zero-order valence-corrected chi connectivity index (χ0v) is 19.4. The number of thioether (sulfide) groups is 1. The maximum Gasteiger partial charge on any atom is 0.263 e. The normalized spacial score (nSPS) is 12.8. The maximum absolute atomic E-state index is 13.3. The lowest BCUT2D eigenvalue weighted by Crippen LogP contribution is -2.24. The average molecular weight is 485 g/mol. The molecular weight excluding hydrogens is 464 g/mol. The predicted octanol–water partition coefficient (Wildman–Crippen LogP) is 3.84. The smallest absolute Gasteiger partial charge is 0.263 e. The van der Waals surface area contributed by atoms with E-state index in [9.17, 15) is 9.59 Å². The lowest BCUT2D eigenvalue weighted by atomic mass is 10.1. The van der Waals surface area contributed by atoms with E-state index in [1.54, 1.807) is 28.8 Å². The summed E-state index contributed by atoms with van der Waals surface area (Å²) in [4.78, 5) is 26.3. The van der Waals surface area contributed by atoms with E-state index in [4.69, 9.17) is 9.47 Å². The minimum Gasteiger partial charge on any atom is -0.486 e. The fourth-order valence-electron chi connectivity index (χ4n) is 4.17. The number of ketones is 1. The monoisotopic (exact) mass is 484 g/mol. The molecule has 0 radical (unpaired) electrons. The van der Waals surface area contributed by atoms with Gasteiger partial charge in [0, 0.05) is 5.56 Å². The predicted molar refractivity (Wildman–Crippen MR) is 133 cm³/mol. The van der Waals surface area contributed by atoms with Crippen LogP contribution in [0.15, 0.2) is 82.7 Å². The van der Waals surface area contributed by atoms with E-state index in [-0.39, 0.29) is 17.1 Å². The van der Waals surface area contributed by atoms with Crippen molar-refractivity contribution in [1.82, 2.24) is 19.2 Å². The zero-order chi connectivity index (χ0) is 23.8. The number of benzene rings is 3. The number of rotatable bonds is 6. The van der Waals surface area contributed by atoms with Gasteiger partial charge in [0.05, 0.1) is 23.2 Å². The first kappa shape index (κ1) is 21.4. The van der Waals surface area contributed by atoms with E-state index in [1.165, 1.54) is 11.8 Å². The standard InChI is InChI=1S/C26H20N4O4S/c31-21(18-10-11-22-23(14-18)34-13-12-33-22)16-35-26-28-27-25-29(15-17-6-2-1-3-7-17)24(32)19-8-4-5-9-20(19)30(25)26/h1-11,14H,12-13,15-16H2. The van der Waals surface area contributed by atoms with E-state index in [1.807, 2.05) is 52.9 Å². The van der Waals surface area contributed by atoms with Crippen LogP contribution in [-0.2, 0) is 6.54 Å². The van der Waals surface area contributed by atoms with Crippen LogP contribution >= 0.6 is 11.8 Å². The number of hydrogen-bond donors (Lipinski definition) is 0. The van der Waals surface area contributed by atoms with Gasteiger partial charge in [0.1, 0.15) is 13.2 Å². The van der Waals surface area contributed by atoms with Gasteiger partial charge >= 0.3 is 0 Å². The van der Waals surface area contributed by atoms with Crippen molar-refractivity contribution in [3.8, 4) is 11.5 Å². The molecule has 0 aliphatic carbocycles. The van der Waals surface area contributed by atoms with Crippen molar-refractivity contribution in [1.29, 1.82) is 0 Å². The molecule has 0 saturated heterocycles. The van der Waals surface area contributed by atoms with Crippen LogP contribution in [0, 0.1) is 0 Å². The Bertz CT molecular complexity index is 1630. The summed E-state index contributed by atoms with van der Waals surface area (Å²) in [5, 5.41) is 9.80. The summed E-state index contributed by atoms with van der Waals surface area (Å²) in [6.45, 7) is 1.33. The van der Waals surface area contributed by atoms with Crippen LogP contribution in [0.2, 0.25) is 0 Å². The summed E-state index contributed by atoms with van der Waals surface area (Å²) >= 11 is 1.28. The second kappa shape index (κ2) is 8.92. The quantitative estimate of drug-likeness (QED) is 0.267. The molecule has 0 fully saturated rings. The second-order valence-corrected chi connectivity index (χ2v) is 9.02. The summed E-state index contributed by atoms with van der Waals surface area (Å²) in [6, 6.07) is 22.3. The number of carbonyl (C=O) groups excluding carboxylic acids is 1. The van der Waals surface area contributed by atoms with Crippen LogP contribution in [0.3, 0.4) is 0 Å². The molecule has 0 spiro atoms. The highest BCUT2D eigenvalue weighted by atomic mass is 32.2. The maximum atomic E-state index is 13.3.